The molecule has 1 saturated heterocycles. The molecule has 0 saturated carbocycles. The van der Waals surface area contributed by atoms with Crippen LogP contribution in [0.1, 0.15) is 37.8 Å². The molecule has 1 fully saturated rings. The lowest BCUT2D eigenvalue weighted by atomic mass is 9.99. The second kappa shape index (κ2) is 12.0. The molecule has 4 aromatic rings. The zero-order valence-electron chi connectivity index (χ0n) is 23.7. The monoisotopic (exact) mass is 630 g/mol. The van der Waals surface area contributed by atoms with E-state index in [9.17, 15) is 27.1 Å². The molecule has 44 heavy (non-hydrogen) atoms. The van der Waals surface area contributed by atoms with Crippen molar-refractivity contribution in [2.75, 3.05) is 10.7 Å². The molecular formula is C30H27F5N6O2S. The van der Waals surface area contributed by atoms with Gasteiger partial charge < -0.3 is 9.84 Å². The zero-order chi connectivity index (χ0) is 31.7. The van der Waals surface area contributed by atoms with Gasteiger partial charge in [0.15, 0.2) is 16.7 Å². The van der Waals surface area contributed by atoms with Crippen molar-refractivity contribution in [2.45, 2.75) is 44.7 Å². The second-order valence-corrected chi connectivity index (χ2v) is 11.4. The van der Waals surface area contributed by atoms with Gasteiger partial charge in [-0.2, -0.15) is 27.1 Å². The van der Waals surface area contributed by atoms with Crippen LogP contribution in [-0.2, 0) is 0 Å². The van der Waals surface area contributed by atoms with Crippen molar-refractivity contribution in [1.82, 2.24) is 14.8 Å². The van der Waals surface area contributed by atoms with Crippen molar-refractivity contribution >= 4 is 28.8 Å². The first-order chi connectivity index (χ1) is 20.7. The van der Waals surface area contributed by atoms with E-state index in [1.807, 2.05) is 29.2 Å². The van der Waals surface area contributed by atoms with Crippen molar-refractivity contribution in [3.63, 3.8) is 0 Å². The minimum atomic E-state index is -5.83. The van der Waals surface area contributed by atoms with E-state index in [0.29, 0.717) is 28.0 Å². The van der Waals surface area contributed by atoms with E-state index in [1.165, 1.54) is 34.9 Å². The number of nitrogens with zero attached hydrogens (tertiary/aromatic N) is 6. The Balaban J connectivity index is 1.27. The standard InChI is InChI=1S/C30H27F5N6O2S/c1-19(2)24-6-4-5-7-25(24)41-27(44-17-28(41,3)42)38-37-16-20-8-10-21(11-9-20)26-36-18-40(39-26)22-12-14-23(15-13-22)43-30(34,35)29(31,32)33/h4-16,18-19,42H,17H2,1-3H3. The van der Waals surface area contributed by atoms with Crippen LogP contribution >= 0.6 is 11.8 Å². The summed E-state index contributed by atoms with van der Waals surface area (Å²) in [6.07, 6.45) is -8.16. The molecule has 1 aromatic heterocycles. The lowest BCUT2D eigenvalue weighted by molar-refractivity contribution is -0.360. The number of aliphatic hydroxyl groups is 1. The van der Waals surface area contributed by atoms with Crippen LogP contribution in [-0.4, -0.2) is 55.0 Å². The van der Waals surface area contributed by atoms with E-state index in [0.717, 1.165) is 28.9 Å². The van der Waals surface area contributed by atoms with E-state index >= 15 is 0 Å². The molecule has 1 aliphatic rings. The molecule has 14 heteroatoms. The molecular weight excluding hydrogens is 603 g/mol. The summed E-state index contributed by atoms with van der Waals surface area (Å²) in [5, 5.41) is 24.7. The third-order valence-electron chi connectivity index (χ3n) is 6.64. The molecule has 5 rings (SSSR count). The van der Waals surface area contributed by atoms with Crippen molar-refractivity contribution in [1.29, 1.82) is 0 Å². The van der Waals surface area contributed by atoms with Crippen LogP contribution in [0.5, 0.6) is 5.75 Å². The molecule has 1 atom stereocenters. The highest BCUT2D eigenvalue weighted by atomic mass is 32.2. The quantitative estimate of drug-likeness (QED) is 0.125. The average Bonchev–Trinajstić information content (AvgIpc) is 3.57. The maximum atomic E-state index is 13.1. The number of thioether (sulfide) groups is 1. The Morgan fingerprint density at radius 1 is 1.00 bits per heavy atom. The number of hydrogen-bond donors (Lipinski definition) is 1. The first-order valence-corrected chi connectivity index (χ1v) is 14.4. The molecule has 1 unspecified atom stereocenters. The van der Waals surface area contributed by atoms with Crippen molar-refractivity contribution < 1.29 is 31.8 Å². The van der Waals surface area contributed by atoms with Gasteiger partial charge in [-0.1, -0.05) is 68.1 Å². The number of amidine groups is 1. The lowest BCUT2D eigenvalue weighted by Crippen LogP contribution is -2.45. The molecule has 1 N–H and O–H groups in total. The van der Waals surface area contributed by atoms with Gasteiger partial charge in [-0.3, -0.25) is 4.90 Å². The second-order valence-electron chi connectivity index (χ2n) is 10.4. The van der Waals surface area contributed by atoms with E-state index in [1.54, 1.807) is 37.4 Å². The topological polar surface area (TPSA) is 88.1 Å². The number of ether oxygens (including phenoxy) is 1. The molecule has 0 aliphatic carbocycles. The number of hydrogen-bond acceptors (Lipinski definition) is 7. The van der Waals surface area contributed by atoms with Crippen LogP contribution in [0, 0.1) is 0 Å². The predicted octanol–water partition coefficient (Wildman–Crippen LogP) is 7.24. The fourth-order valence-corrected chi connectivity index (χ4v) is 5.47. The smallest absolute Gasteiger partial charge is 0.426 e. The minimum absolute atomic E-state index is 0.249. The van der Waals surface area contributed by atoms with E-state index in [-0.39, 0.29) is 5.92 Å². The Labute approximate surface area is 253 Å². The fraction of sp³-hybridized carbons (Fsp3) is 0.267. The van der Waals surface area contributed by atoms with Crippen LogP contribution in [0.4, 0.5) is 27.6 Å². The van der Waals surface area contributed by atoms with Gasteiger partial charge in [0.1, 0.15) is 12.1 Å². The van der Waals surface area contributed by atoms with Crippen LogP contribution in [0.15, 0.2) is 89.3 Å². The highest BCUT2D eigenvalue weighted by Crippen LogP contribution is 2.40. The Morgan fingerprint density at radius 3 is 2.34 bits per heavy atom. The van der Waals surface area contributed by atoms with E-state index in [2.05, 4.69) is 38.9 Å². The van der Waals surface area contributed by atoms with E-state index < -0.39 is 23.8 Å². The largest absolute Gasteiger partial charge is 0.499 e. The summed E-state index contributed by atoms with van der Waals surface area (Å²) in [7, 11) is 0. The maximum absolute atomic E-state index is 13.1. The van der Waals surface area contributed by atoms with Crippen molar-refractivity contribution in [3.8, 4) is 22.8 Å². The Morgan fingerprint density at radius 2 is 1.68 bits per heavy atom. The zero-order valence-corrected chi connectivity index (χ0v) is 24.5. The highest BCUT2D eigenvalue weighted by Gasteiger charge is 2.61. The molecule has 0 bridgehead atoms. The van der Waals surface area contributed by atoms with E-state index in [4.69, 9.17) is 0 Å². The summed E-state index contributed by atoms with van der Waals surface area (Å²) < 4.78 is 68.6. The number of halogens is 5. The average molecular weight is 631 g/mol. The molecule has 0 radical (unpaired) electrons. The van der Waals surface area contributed by atoms with Gasteiger partial charge in [-0.15, -0.1) is 10.2 Å². The molecule has 230 valence electrons. The summed E-state index contributed by atoms with van der Waals surface area (Å²) in [6, 6.07) is 19.6. The first-order valence-electron chi connectivity index (χ1n) is 13.4. The minimum Gasteiger partial charge on any atom is -0.426 e. The van der Waals surface area contributed by atoms with Gasteiger partial charge in [-0.05, 0) is 54.3 Å². The van der Waals surface area contributed by atoms with Crippen molar-refractivity contribution in [3.05, 3.63) is 90.3 Å². The van der Waals surface area contributed by atoms with Gasteiger partial charge >= 0.3 is 12.3 Å². The molecule has 2 heterocycles. The number of alkyl halides is 5. The Kier molecular flexibility index (Phi) is 8.49. The Hall–Kier alpha value is -4.30. The van der Waals surface area contributed by atoms with Crippen LogP contribution in [0.2, 0.25) is 0 Å². The number of rotatable bonds is 8. The molecule has 3 aromatic carbocycles. The molecule has 8 nitrogen and oxygen atoms in total. The van der Waals surface area contributed by atoms with Gasteiger partial charge in [0.05, 0.1) is 11.9 Å². The van der Waals surface area contributed by atoms with Gasteiger partial charge in [-0.25, -0.2) is 9.67 Å². The summed E-state index contributed by atoms with van der Waals surface area (Å²) in [4.78, 5) is 6.07. The summed E-state index contributed by atoms with van der Waals surface area (Å²) in [5.41, 5.74) is 2.66. The van der Waals surface area contributed by atoms with Crippen LogP contribution in [0.3, 0.4) is 0 Å². The number of benzene rings is 3. The summed E-state index contributed by atoms with van der Waals surface area (Å²) in [6.45, 7) is 5.94. The maximum Gasteiger partial charge on any atom is 0.499 e. The fourth-order valence-electron chi connectivity index (χ4n) is 4.41. The number of aromatic nitrogens is 3. The first kappa shape index (κ1) is 31.1. The normalized spacial score (nSPS) is 18.6. The SMILES string of the molecule is CC(C)c1ccccc1N1C(=NN=Cc2ccc(-c3ncn(-c4ccc(OC(F)(F)C(F)(F)F)cc4)n3)cc2)SCC1(C)O. The Bertz CT molecular complexity index is 1670. The number of anilines is 1. The third kappa shape index (κ3) is 6.60. The number of para-hydroxylation sites is 1. The van der Waals surface area contributed by atoms with Gasteiger partial charge in [0.2, 0.25) is 0 Å². The highest BCUT2D eigenvalue weighted by molar-refractivity contribution is 8.14. The summed E-state index contributed by atoms with van der Waals surface area (Å²) >= 11 is 1.42. The summed E-state index contributed by atoms with van der Waals surface area (Å²) in [5.74, 6) is 0.401. The van der Waals surface area contributed by atoms with Crippen molar-refractivity contribution in [2.24, 2.45) is 10.2 Å². The van der Waals surface area contributed by atoms with Gasteiger partial charge in [0.25, 0.3) is 0 Å². The predicted molar refractivity (Wildman–Crippen MR) is 160 cm³/mol. The van der Waals surface area contributed by atoms with Crippen LogP contribution < -0.4 is 9.64 Å². The lowest BCUT2D eigenvalue weighted by Gasteiger charge is -2.32. The third-order valence-corrected chi connectivity index (χ3v) is 7.85. The molecule has 0 spiro atoms. The molecule has 0 amide bonds. The molecule has 1 aliphatic heterocycles. The van der Waals surface area contributed by atoms with Crippen LogP contribution in [0.25, 0.3) is 17.1 Å². The van der Waals surface area contributed by atoms with Gasteiger partial charge in [0, 0.05) is 17.0 Å².